The van der Waals surface area contributed by atoms with E-state index in [4.69, 9.17) is 4.74 Å². The second kappa shape index (κ2) is 7.45. The van der Waals surface area contributed by atoms with Crippen molar-refractivity contribution in [1.82, 2.24) is 9.47 Å². The van der Waals surface area contributed by atoms with Gasteiger partial charge in [-0.25, -0.2) is 0 Å². The van der Waals surface area contributed by atoms with Crippen LogP contribution in [-0.2, 0) is 13.0 Å². The fraction of sp³-hybridized carbons (Fsp3) is 0.250. The summed E-state index contributed by atoms with van der Waals surface area (Å²) in [5.74, 6) is 0.914. The molecule has 0 N–H and O–H groups in total. The number of hydrogen-bond donors (Lipinski definition) is 0. The van der Waals surface area contributed by atoms with E-state index in [2.05, 4.69) is 90.4 Å². The van der Waals surface area contributed by atoms with Gasteiger partial charge in [0.2, 0.25) is 0 Å². The molecule has 0 atom stereocenters. The number of likely N-dealkylation sites (N-methyl/N-ethyl adjacent to an activating group) is 1. The number of benzene rings is 3. The smallest absolute Gasteiger partial charge is 0.119 e. The number of aromatic nitrogens is 1. The first kappa shape index (κ1) is 17.6. The van der Waals surface area contributed by atoms with E-state index in [1.54, 1.807) is 7.11 Å². The lowest BCUT2D eigenvalue weighted by molar-refractivity contribution is 0.413. The van der Waals surface area contributed by atoms with Crippen LogP contribution >= 0.6 is 0 Å². The largest absolute Gasteiger partial charge is 0.497 e. The number of methoxy groups -OCH3 is 1. The van der Waals surface area contributed by atoms with Crippen molar-refractivity contribution < 1.29 is 4.74 Å². The van der Waals surface area contributed by atoms with Crippen molar-refractivity contribution in [2.24, 2.45) is 0 Å². The molecule has 0 radical (unpaired) electrons. The SMILES string of the molecule is COc1ccc2c(c1)c(CCN(C)C)cn2Cc1ccc2ccccc2c1. The predicted octanol–water partition coefficient (Wildman–Crippen LogP) is 4.96. The maximum absolute atomic E-state index is 5.46. The highest BCUT2D eigenvalue weighted by Gasteiger charge is 2.11. The summed E-state index contributed by atoms with van der Waals surface area (Å²) in [4.78, 5) is 2.23. The van der Waals surface area contributed by atoms with Gasteiger partial charge in [0, 0.05) is 30.2 Å². The summed E-state index contributed by atoms with van der Waals surface area (Å²) in [7, 11) is 5.97. The zero-order chi connectivity index (χ0) is 18.8. The molecule has 0 bridgehead atoms. The second-order valence-corrected chi connectivity index (χ2v) is 7.40. The van der Waals surface area contributed by atoms with Gasteiger partial charge in [-0.05, 0) is 66.7 Å². The minimum atomic E-state index is 0.871. The molecule has 0 saturated heterocycles. The van der Waals surface area contributed by atoms with Crippen LogP contribution in [0.1, 0.15) is 11.1 Å². The highest BCUT2D eigenvalue weighted by atomic mass is 16.5. The Hall–Kier alpha value is -2.78. The van der Waals surface area contributed by atoms with Gasteiger partial charge in [-0.1, -0.05) is 36.4 Å². The van der Waals surface area contributed by atoms with Crippen molar-refractivity contribution in [3.8, 4) is 5.75 Å². The molecular weight excluding hydrogens is 332 g/mol. The molecule has 1 aromatic heterocycles. The Balaban J connectivity index is 1.73. The van der Waals surface area contributed by atoms with Gasteiger partial charge in [-0.3, -0.25) is 0 Å². The molecule has 3 aromatic carbocycles. The summed E-state index contributed by atoms with van der Waals surface area (Å²) in [6, 6.07) is 21.7. The molecule has 0 spiro atoms. The topological polar surface area (TPSA) is 17.4 Å². The van der Waals surface area contributed by atoms with Crippen molar-refractivity contribution in [3.05, 3.63) is 78.0 Å². The summed E-state index contributed by atoms with van der Waals surface area (Å²) in [6.45, 7) is 1.90. The van der Waals surface area contributed by atoms with E-state index in [1.807, 2.05) is 0 Å². The molecule has 0 fully saturated rings. The van der Waals surface area contributed by atoms with Crippen LogP contribution in [0.5, 0.6) is 5.75 Å². The Labute approximate surface area is 160 Å². The Bertz CT molecular complexity index is 1080. The molecule has 4 rings (SSSR count). The zero-order valence-electron chi connectivity index (χ0n) is 16.3. The van der Waals surface area contributed by atoms with Crippen molar-refractivity contribution >= 4 is 21.7 Å². The van der Waals surface area contributed by atoms with Crippen LogP contribution < -0.4 is 4.74 Å². The maximum Gasteiger partial charge on any atom is 0.119 e. The maximum atomic E-state index is 5.46. The summed E-state index contributed by atoms with van der Waals surface area (Å²) >= 11 is 0. The van der Waals surface area contributed by atoms with E-state index in [1.165, 1.54) is 32.8 Å². The molecule has 0 aliphatic heterocycles. The molecule has 0 unspecified atom stereocenters. The molecule has 3 nitrogen and oxygen atoms in total. The average Bonchev–Trinajstić information content (AvgIpc) is 3.03. The molecule has 27 heavy (non-hydrogen) atoms. The van der Waals surface area contributed by atoms with Gasteiger partial charge in [-0.15, -0.1) is 0 Å². The summed E-state index contributed by atoms with van der Waals surface area (Å²) in [5, 5.41) is 3.87. The zero-order valence-corrected chi connectivity index (χ0v) is 16.3. The van der Waals surface area contributed by atoms with Gasteiger partial charge in [0.1, 0.15) is 5.75 Å². The number of nitrogens with zero attached hydrogens (tertiary/aromatic N) is 2. The Morgan fingerprint density at radius 1 is 0.926 bits per heavy atom. The third-order valence-corrected chi connectivity index (χ3v) is 5.17. The first-order chi connectivity index (χ1) is 13.1. The van der Waals surface area contributed by atoms with Crippen LogP contribution in [0.2, 0.25) is 0 Å². The Kier molecular flexibility index (Phi) is 4.87. The van der Waals surface area contributed by atoms with Crippen LogP contribution in [0.4, 0.5) is 0 Å². The van der Waals surface area contributed by atoms with E-state index in [0.29, 0.717) is 0 Å². The lowest BCUT2D eigenvalue weighted by Crippen LogP contribution is -2.14. The molecule has 4 aromatic rings. The van der Waals surface area contributed by atoms with E-state index in [9.17, 15) is 0 Å². The van der Waals surface area contributed by atoms with Gasteiger partial charge >= 0.3 is 0 Å². The van der Waals surface area contributed by atoms with Crippen molar-refractivity contribution in [2.45, 2.75) is 13.0 Å². The lowest BCUT2D eigenvalue weighted by Gasteiger charge is -2.08. The first-order valence-electron chi connectivity index (χ1n) is 9.42. The van der Waals surface area contributed by atoms with Gasteiger partial charge < -0.3 is 14.2 Å². The number of rotatable bonds is 6. The average molecular weight is 358 g/mol. The van der Waals surface area contributed by atoms with Crippen molar-refractivity contribution in [1.29, 1.82) is 0 Å². The summed E-state index contributed by atoms with van der Waals surface area (Å²) in [6.07, 6.45) is 3.34. The van der Waals surface area contributed by atoms with Crippen LogP contribution in [0, 0.1) is 0 Å². The lowest BCUT2D eigenvalue weighted by atomic mass is 10.1. The highest BCUT2D eigenvalue weighted by molar-refractivity contribution is 5.86. The summed E-state index contributed by atoms with van der Waals surface area (Å²) in [5.41, 5.74) is 3.96. The normalized spacial score (nSPS) is 11.6. The molecule has 3 heteroatoms. The molecule has 0 saturated carbocycles. The van der Waals surface area contributed by atoms with E-state index < -0.39 is 0 Å². The fourth-order valence-corrected chi connectivity index (χ4v) is 3.68. The molecule has 1 heterocycles. The second-order valence-electron chi connectivity index (χ2n) is 7.40. The first-order valence-corrected chi connectivity index (χ1v) is 9.42. The molecular formula is C24H26N2O. The van der Waals surface area contributed by atoms with Gasteiger partial charge in [-0.2, -0.15) is 0 Å². The van der Waals surface area contributed by atoms with E-state index in [-0.39, 0.29) is 0 Å². The summed E-state index contributed by atoms with van der Waals surface area (Å²) < 4.78 is 7.82. The third-order valence-electron chi connectivity index (χ3n) is 5.17. The monoisotopic (exact) mass is 358 g/mol. The van der Waals surface area contributed by atoms with Crippen LogP contribution in [-0.4, -0.2) is 37.2 Å². The minimum Gasteiger partial charge on any atom is -0.497 e. The quantitative estimate of drug-likeness (QED) is 0.485. The van der Waals surface area contributed by atoms with E-state index in [0.717, 1.165) is 25.3 Å². The fourth-order valence-electron chi connectivity index (χ4n) is 3.68. The van der Waals surface area contributed by atoms with Gasteiger partial charge in [0.15, 0.2) is 0 Å². The van der Waals surface area contributed by atoms with Crippen LogP contribution in [0.15, 0.2) is 66.9 Å². The van der Waals surface area contributed by atoms with Crippen LogP contribution in [0.3, 0.4) is 0 Å². The number of fused-ring (bicyclic) bond motifs is 2. The molecule has 0 amide bonds. The standard InChI is InChI=1S/C24H26N2O/c1-25(2)13-12-21-17-26(24-11-10-22(27-3)15-23(21)24)16-18-8-9-19-6-4-5-7-20(19)14-18/h4-11,14-15,17H,12-13,16H2,1-3H3. The van der Waals surface area contributed by atoms with Crippen LogP contribution in [0.25, 0.3) is 21.7 Å². The van der Waals surface area contributed by atoms with Gasteiger partial charge in [0.25, 0.3) is 0 Å². The number of ether oxygens (including phenoxy) is 1. The molecule has 0 aliphatic carbocycles. The predicted molar refractivity (Wildman–Crippen MR) is 114 cm³/mol. The van der Waals surface area contributed by atoms with Crippen molar-refractivity contribution in [2.75, 3.05) is 27.7 Å². The Morgan fingerprint density at radius 2 is 1.74 bits per heavy atom. The van der Waals surface area contributed by atoms with Crippen molar-refractivity contribution in [3.63, 3.8) is 0 Å². The van der Waals surface area contributed by atoms with E-state index >= 15 is 0 Å². The highest BCUT2D eigenvalue weighted by Crippen LogP contribution is 2.28. The van der Waals surface area contributed by atoms with Gasteiger partial charge in [0.05, 0.1) is 7.11 Å². The third kappa shape index (κ3) is 3.69. The number of hydrogen-bond acceptors (Lipinski definition) is 2. The minimum absolute atomic E-state index is 0.871. The molecule has 138 valence electrons. The Morgan fingerprint density at radius 3 is 2.52 bits per heavy atom. The molecule has 0 aliphatic rings.